The Labute approximate surface area is 97.1 Å². The zero-order valence-electron chi connectivity index (χ0n) is 8.50. The van der Waals surface area contributed by atoms with Gasteiger partial charge in [0, 0.05) is 17.0 Å². The predicted molar refractivity (Wildman–Crippen MR) is 56.5 cm³/mol. The lowest BCUT2D eigenvalue weighted by atomic mass is 9.85. The van der Waals surface area contributed by atoms with Crippen molar-refractivity contribution in [3.8, 4) is 6.07 Å². The van der Waals surface area contributed by atoms with Crippen LogP contribution in [-0.2, 0) is 11.2 Å². The fourth-order valence-corrected chi connectivity index (χ4v) is 1.45. The van der Waals surface area contributed by atoms with Gasteiger partial charge in [0.05, 0.1) is 6.07 Å². The van der Waals surface area contributed by atoms with E-state index < -0.39 is 17.2 Å². The van der Waals surface area contributed by atoms with Gasteiger partial charge in [-0.25, -0.2) is 4.39 Å². The molecule has 1 rings (SSSR count). The van der Waals surface area contributed by atoms with Crippen LogP contribution in [0.4, 0.5) is 4.39 Å². The van der Waals surface area contributed by atoms with Crippen molar-refractivity contribution in [1.82, 2.24) is 0 Å². The molecule has 0 aliphatic carbocycles. The van der Waals surface area contributed by atoms with Crippen molar-refractivity contribution in [2.45, 2.75) is 13.3 Å². The highest BCUT2D eigenvalue weighted by Crippen LogP contribution is 2.28. The van der Waals surface area contributed by atoms with Gasteiger partial charge >= 0.3 is 5.97 Å². The molecule has 0 saturated carbocycles. The molecule has 0 aliphatic rings. The van der Waals surface area contributed by atoms with Gasteiger partial charge in [-0.2, -0.15) is 5.26 Å². The number of nitrogens with zero attached hydrogens (tertiary/aromatic N) is 1. The van der Waals surface area contributed by atoms with Crippen LogP contribution < -0.4 is 0 Å². The second-order valence-corrected chi connectivity index (χ2v) is 4.03. The van der Waals surface area contributed by atoms with E-state index in [9.17, 15) is 9.18 Å². The minimum absolute atomic E-state index is 0.0515. The lowest BCUT2D eigenvalue weighted by molar-refractivity contribution is -0.144. The van der Waals surface area contributed by atoms with Crippen LogP contribution in [0, 0.1) is 22.6 Å². The molecule has 0 spiro atoms. The van der Waals surface area contributed by atoms with Gasteiger partial charge in [0.15, 0.2) is 5.41 Å². The van der Waals surface area contributed by atoms with Gasteiger partial charge in [-0.15, -0.1) is 0 Å². The highest BCUT2D eigenvalue weighted by atomic mass is 35.5. The van der Waals surface area contributed by atoms with Crippen LogP contribution in [-0.4, -0.2) is 11.1 Å². The van der Waals surface area contributed by atoms with Crippen LogP contribution in [0.25, 0.3) is 0 Å². The molecule has 5 heteroatoms. The minimum atomic E-state index is -1.67. The van der Waals surface area contributed by atoms with Crippen molar-refractivity contribution in [1.29, 1.82) is 5.26 Å². The number of carboxylic acid groups (broad SMARTS) is 1. The zero-order valence-corrected chi connectivity index (χ0v) is 9.25. The van der Waals surface area contributed by atoms with E-state index in [4.69, 9.17) is 22.0 Å². The third-order valence-electron chi connectivity index (χ3n) is 2.31. The van der Waals surface area contributed by atoms with E-state index in [1.807, 2.05) is 0 Å². The predicted octanol–water partition coefficient (Wildman–Crippen LogP) is 2.64. The molecule has 3 nitrogen and oxygen atoms in total. The average Bonchev–Trinajstić information content (AvgIpc) is 2.23. The lowest BCUT2D eigenvalue weighted by Gasteiger charge is -2.17. The minimum Gasteiger partial charge on any atom is -0.480 e. The van der Waals surface area contributed by atoms with Gasteiger partial charge in [-0.3, -0.25) is 4.79 Å². The van der Waals surface area contributed by atoms with Crippen LogP contribution in [0.2, 0.25) is 5.02 Å². The molecule has 1 aromatic carbocycles. The first kappa shape index (κ1) is 12.5. The molecule has 0 amide bonds. The Morgan fingerprint density at radius 3 is 2.75 bits per heavy atom. The number of nitriles is 1. The number of carbonyl (C=O) groups is 1. The second-order valence-electron chi connectivity index (χ2n) is 3.63. The first-order valence-electron chi connectivity index (χ1n) is 4.48. The van der Waals surface area contributed by atoms with Gasteiger partial charge in [-0.05, 0) is 19.1 Å². The molecule has 16 heavy (non-hydrogen) atoms. The van der Waals surface area contributed by atoms with Gasteiger partial charge in [0.1, 0.15) is 5.82 Å². The number of aliphatic carboxylic acids is 1. The lowest BCUT2D eigenvalue weighted by Crippen LogP contribution is -2.28. The Morgan fingerprint density at radius 1 is 1.69 bits per heavy atom. The molecule has 1 aromatic rings. The number of hydrogen-bond donors (Lipinski definition) is 1. The molecule has 0 bridgehead atoms. The summed E-state index contributed by atoms with van der Waals surface area (Å²) in [5, 5.41) is 17.8. The summed E-state index contributed by atoms with van der Waals surface area (Å²) in [4.78, 5) is 10.9. The maximum atomic E-state index is 13.4. The monoisotopic (exact) mass is 241 g/mol. The highest BCUT2D eigenvalue weighted by molar-refractivity contribution is 6.31. The molecule has 0 aliphatic heterocycles. The highest BCUT2D eigenvalue weighted by Gasteiger charge is 2.35. The summed E-state index contributed by atoms with van der Waals surface area (Å²) in [6.07, 6.45) is -0.260. The van der Waals surface area contributed by atoms with Crippen molar-refractivity contribution < 1.29 is 14.3 Å². The Balaban J connectivity index is 3.15. The van der Waals surface area contributed by atoms with E-state index in [0.717, 1.165) is 0 Å². The van der Waals surface area contributed by atoms with Crippen LogP contribution in [0.15, 0.2) is 18.2 Å². The summed E-state index contributed by atoms with van der Waals surface area (Å²) in [6.45, 7) is 1.23. The summed E-state index contributed by atoms with van der Waals surface area (Å²) in [5.41, 5.74) is -1.62. The molecular weight excluding hydrogens is 233 g/mol. The second kappa shape index (κ2) is 4.50. The zero-order chi connectivity index (χ0) is 12.3. The molecule has 1 atom stereocenters. The number of carboxylic acids is 1. The number of halogens is 2. The van der Waals surface area contributed by atoms with Gasteiger partial charge in [0.25, 0.3) is 0 Å². The topological polar surface area (TPSA) is 61.1 Å². The van der Waals surface area contributed by atoms with Crippen LogP contribution in [0.3, 0.4) is 0 Å². The Hall–Kier alpha value is -1.60. The molecular formula is C11H9ClFNO2. The molecule has 0 saturated heterocycles. The Bertz CT molecular complexity index is 449. The summed E-state index contributed by atoms with van der Waals surface area (Å²) in [7, 11) is 0. The first-order valence-corrected chi connectivity index (χ1v) is 4.86. The molecule has 1 N–H and O–H groups in total. The maximum absolute atomic E-state index is 13.4. The van der Waals surface area contributed by atoms with Crippen molar-refractivity contribution in [2.24, 2.45) is 5.41 Å². The van der Waals surface area contributed by atoms with Crippen molar-refractivity contribution >= 4 is 17.6 Å². The summed E-state index contributed by atoms with van der Waals surface area (Å²) < 4.78 is 13.4. The van der Waals surface area contributed by atoms with Crippen LogP contribution >= 0.6 is 11.6 Å². The Kier molecular flexibility index (Phi) is 3.51. The molecule has 0 radical (unpaired) electrons. The summed E-state index contributed by atoms with van der Waals surface area (Å²) in [6, 6.07) is 5.72. The van der Waals surface area contributed by atoms with E-state index in [1.165, 1.54) is 25.1 Å². The van der Waals surface area contributed by atoms with Crippen LogP contribution in [0.5, 0.6) is 0 Å². The third-order valence-corrected chi connectivity index (χ3v) is 2.66. The normalized spacial score (nSPS) is 13.9. The molecule has 0 heterocycles. The SMILES string of the molecule is CC(C#N)(Cc1c(F)cccc1Cl)C(=O)O. The first-order chi connectivity index (χ1) is 7.40. The van der Waals surface area contributed by atoms with E-state index in [0.29, 0.717) is 0 Å². The third kappa shape index (κ3) is 2.31. The van der Waals surface area contributed by atoms with Gasteiger partial charge < -0.3 is 5.11 Å². The standard InChI is InChI=1S/C11H9ClFNO2/c1-11(6-14,10(15)16)5-7-8(12)3-2-4-9(7)13/h2-4H,5H2,1H3,(H,15,16). The Morgan fingerprint density at radius 2 is 2.31 bits per heavy atom. The fraction of sp³-hybridized carbons (Fsp3) is 0.273. The van der Waals surface area contributed by atoms with E-state index in [2.05, 4.69) is 0 Å². The van der Waals surface area contributed by atoms with Crippen LogP contribution in [0.1, 0.15) is 12.5 Å². The fourth-order valence-electron chi connectivity index (χ4n) is 1.22. The summed E-state index contributed by atoms with van der Waals surface area (Å²) >= 11 is 5.75. The van der Waals surface area contributed by atoms with Crippen molar-refractivity contribution in [3.63, 3.8) is 0 Å². The van der Waals surface area contributed by atoms with Gasteiger partial charge in [0.2, 0.25) is 0 Å². The number of rotatable bonds is 3. The molecule has 1 unspecified atom stereocenters. The quantitative estimate of drug-likeness (QED) is 0.885. The summed E-state index contributed by atoms with van der Waals surface area (Å²) in [5.74, 6) is -1.90. The van der Waals surface area contributed by atoms with E-state index in [-0.39, 0.29) is 17.0 Å². The molecule has 84 valence electrons. The largest absolute Gasteiger partial charge is 0.480 e. The average molecular weight is 242 g/mol. The van der Waals surface area contributed by atoms with Crippen molar-refractivity contribution in [3.05, 3.63) is 34.6 Å². The number of benzene rings is 1. The van der Waals surface area contributed by atoms with Gasteiger partial charge in [-0.1, -0.05) is 17.7 Å². The van der Waals surface area contributed by atoms with E-state index >= 15 is 0 Å². The smallest absolute Gasteiger partial charge is 0.324 e. The van der Waals surface area contributed by atoms with E-state index in [1.54, 1.807) is 6.07 Å². The molecule has 0 fully saturated rings. The van der Waals surface area contributed by atoms with Crippen molar-refractivity contribution in [2.75, 3.05) is 0 Å². The maximum Gasteiger partial charge on any atom is 0.324 e. The molecule has 0 aromatic heterocycles. The number of hydrogen-bond acceptors (Lipinski definition) is 2.